The van der Waals surface area contributed by atoms with Crippen molar-refractivity contribution >= 4 is 45.8 Å². The Labute approximate surface area is 252 Å². The number of aromatic nitrogens is 1. The molecule has 2 atom stereocenters. The molecule has 220 valence electrons. The maximum Gasteiger partial charge on any atom is 0.339 e. The molecule has 1 aliphatic heterocycles. The van der Waals surface area contributed by atoms with Gasteiger partial charge in [0.15, 0.2) is 6.61 Å². The number of imide groups is 1. The maximum atomic E-state index is 13.3. The normalized spacial score (nSPS) is 17.5. The molecule has 1 fully saturated rings. The molecule has 2 unspecified atom stereocenters. The number of esters is 1. The lowest BCUT2D eigenvalue weighted by Gasteiger charge is -2.15. The van der Waals surface area contributed by atoms with Crippen LogP contribution in [0.2, 0.25) is 0 Å². The summed E-state index contributed by atoms with van der Waals surface area (Å²) < 4.78 is 5.40. The van der Waals surface area contributed by atoms with E-state index in [4.69, 9.17) is 9.72 Å². The van der Waals surface area contributed by atoms with Crippen LogP contribution in [0.5, 0.6) is 0 Å². The number of rotatable bonds is 7. The molecular formula is C34H27N3O7. The van der Waals surface area contributed by atoms with Gasteiger partial charge < -0.3 is 4.74 Å². The number of pyridine rings is 1. The predicted molar refractivity (Wildman–Crippen MR) is 162 cm³/mol. The summed E-state index contributed by atoms with van der Waals surface area (Å²) >= 11 is 0. The summed E-state index contributed by atoms with van der Waals surface area (Å²) in [7, 11) is 0. The summed E-state index contributed by atoms with van der Waals surface area (Å²) in [5, 5.41) is 11.8. The first-order chi connectivity index (χ1) is 21.1. The standard InChI is InChI=1S/C34H27N3O7/c1-19-7-14-28-26(15-19)27(34(41)44-18-31(38)22-9-8-20(2)30(16-22)37(42)43)17-29(35-28)21-10-12-23(13-11-21)36-32(39)24-5-3-4-6-25(24)33(36)40/h3-4,7-17,24-25H,5-6,18H2,1-2H3. The van der Waals surface area contributed by atoms with E-state index in [9.17, 15) is 29.3 Å². The van der Waals surface area contributed by atoms with Crippen molar-refractivity contribution in [3.05, 3.63) is 111 Å². The summed E-state index contributed by atoms with van der Waals surface area (Å²) in [5.74, 6) is -2.39. The van der Waals surface area contributed by atoms with Gasteiger partial charge >= 0.3 is 5.97 Å². The van der Waals surface area contributed by atoms with Crippen molar-refractivity contribution in [3.63, 3.8) is 0 Å². The number of amides is 2. The van der Waals surface area contributed by atoms with E-state index in [-0.39, 0.29) is 40.5 Å². The first-order valence-corrected chi connectivity index (χ1v) is 14.1. The molecule has 6 rings (SSSR count). The molecule has 1 aliphatic carbocycles. The van der Waals surface area contributed by atoms with Gasteiger partial charge in [0.1, 0.15) is 0 Å². The lowest BCUT2D eigenvalue weighted by Crippen LogP contribution is -2.30. The SMILES string of the molecule is Cc1ccc2nc(-c3ccc(N4C(=O)C5CC=CCC5C4=O)cc3)cc(C(=O)OCC(=O)c3ccc(C)c([N+](=O)[O-])c3)c2c1. The molecule has 1 saturated heterocycles. The van der Waals surface area contributed by atoms with Crippen molar-refractivity contribution in [1.29, 1.82) is 0 Å². The second-order valence-electron chi connectivity index (χ2n) is 11.0. The minimum Gasteiger partial charge on any atom is -0.454 e. The highest BCUT2D eigenvalue weighted by Gasteiger charge is 2.47. The molecule has 0 radical (unpaired) electrons. The number of nitro groups is 1. The predicted octanol–water partition coefficient (Wildman–Crippen LogP) is 5.92. The third-order valence-corrected chi connectivity index (χ3v) is 8.18. The molecule has 2 aliphatic rings. The first kappa shape index (κ1) is 28.6. The molecule has 10 heteroatoms. The number of benzene rings is 3. The minimum absolute atomic E-state index is 0.0665. The monoisotopic (exact) mass is 589 g/mol. The van der Waals surface area contributed by atoms with E-state index in [1.54, 1.807) is 49.4 Å². The van der Waals surface area contributed by atoms with Crippen LogP contribution in [0.3, 0.4) is 0 Å². The number of fused-ring (bicyclic) bond motifs is 2. The number of ketones is 1. The zero-order chi connectivity index (χ0) is 31.1. The average molecular weight is 590 g/mol. The molecule has 3 aromatic carbocycles. The Morgan fingerprint density at radius 3 is 2.27 bits per heavy atom. The van der Waals surface area contributed by atoms with Gasteiger partial charge in [0.2, 0.25) is 17.6 Å². The van der Waals surface area contributed by atoms with Crippen LogP contribution in [0, 0.1) is 35.8 Å². The Kier molecular flexibility index (Phi) is 7.34. The first-order valence-electron chi connectivity index (χ1n) is 14.1. The van der Waals surface area contributed by atoms with Gasteiger partial charge in [-0.25, -0.2) is 9.78 Å². The smallest absolute Gasteiger partial charge is 0.339 e. The number of Topliss-reactive ketones (excluding diaryl/α,β-unsaturated/α-hetero) is 1. The van der Waals surface area contributed by atoms with Crippen LogP contribution in [0.1, 0.15) is 44.7 Å². The summed E-state index contributed by atoms with van der Waals surface area (Å²) in [5.41, 5.74) is 3.49. The molecule has 0 spiro atoms. The van der Waals surface area contributed by atoms with Crippen molar-refractivity contribution < 1.29 is 28.8 Å². The van der Waals surface area contributed by atoms with Crippen LogP contribution < -0.4 is 4.90 Å². The fourth-order valence-corrected chi connectivity index (χ4v) is 5.76. The van der Waals surface area contributed by atoms with E-state index in [0.29, 0.717) is 46.3 Å². The van der Waals surface area contributed by atoms with Gasteiger partial charge in [0, 0.05) is 28.1 Å². The fourth-order valence-electron chi connectivity index (χ4n) is 5.76. The molecule has 4 aromatic rings. The largest absolute Gasteiger partial charge is 0.454 e. The summed E-state index contributed by atoms with van der Waals surface area (Å²) in [6.45, 7) is 2.85. The number of anilines is 1. The number of allylic oxidation sites excluding steroid dienone is 2. The lowest BCUT2D eigenvalue weighted by molar-refractivity contribution is -0.385. The van der Waals surface area contributed by atoms with Crippen LogP contribution in [0.15, 0.2) is 78.9 Å². The maximum absolute atomic E-state index is 13.3. The lowest BCUT2D eigenvalue weighted by atomic mass is 9.85. The molecule has 0 N–H and O–H groups in total. The highest BCUT2D eigenvalue weighted by molar-refractivity contribution is 6.22. The molecular weight excluding hydrogens is 562 g/mol. The van der Waals surface area contributed by atoms with Gasteiger partial charge in [-0.2, -0.15) is 0 Å². The highest BCUT2D eigenvalue weighted by Crippen LogP contribution is 2.38. The third kappa shape index (κ3) is 5.15. The number of aryl methyl sites for hydroxylation is 2. The van der Waals surface area contributed by atoms with E-state index in [0.717, 1.165) is 5.56 Å². The van der Waals surface area contributed by atoms with E-state index in [1.807, 2.05) is 25.1 Å². The Bertz CT molecular complexity index is 1890. The van der Waals surface area contributed by atoms with E-state index in [2.05, 4.69) is 0 Å². The van der Waals surface area contributed by atoms with E-state index >= 15 is 0 Å². The number of ether oxygens (including phenoxy) is 1. The summed E-state index contributed by atoms with van der Waals surface area (Å²) in [6, 6.07) is 18.0. The van der Waals surface area contributed by atoms with Crippen molar-refractivity contribution in [1.82, 2.24) is 4.98 Å². The van der Waals surface area contributed by atoms with Crippen molar-refractivity contribution in [2.45, 2.75) is 26.7 Å². The summed E-state index contributed by atoms with van der Waals surface area (Å²) in [4.78, 5) is 68.8. The number of nitrogens with zero attached hydrogens (tertiary/aromatic N) is 3. The second kappa shape index (κ2) is 11.3. The van der Waals surface area contributed by atoms with Crippen molar-refractivity contribution in [3.8, 4) is 11.3 Å². The van der Waals surface area contributed by atoms with Crippen LogP contribution in [0.4, 0.5) is 11.4 Å². The van der Waals surface area contributed by atoms with Gasteiger partial charge in [0.05, 0.1) is 39.2 Å². The van der Waals surface area contributed by atoms with Crippen molar-refractivity contribution in [2.24, 2.45) is 11.8 Å². The fraction of sp³-hybridized carbons (Fsp3) is 0.206. The Hall–Kier alpha value is -5.51. The zero-order valence-corrected chi connectivity index (χ0v) is 24.0. The molecule has 0 saturated carbocycles. The minimum atomic E-state index is -0.750. The second-order valence-corrected chi connectivity index (χ2v) is 11.0. The Morgan fingerprint density at radius 1 is 0.932 bits per heavy atom. The zero-order valence-electron chi connectivity index (χ0n) is 24.0. The van der Waals surface area contributed by atoms with Crippen LogP contribution in [-0.4, -0.2) is 40.1 Å². The van der Waals surface area contributed by atoms with E-state index in [1.165, 1.54) is 23.1 Å². The van der Waals surface area contributed by atoms with Gasteiger partial charge in [-0.1, -0.05) is 48.0 Å². The van der Waals surface area contributed by atoms with Gasteiger partial charge in [0.25, 0.3) is 5.69 Å². The average Bonchev–Trinajstić information content (AvgIpc) is 3.28. The van der Waals surface area contributed by atoms with Gasteiger partial charge in [-0.3, -0.25) is 29.4 Å². The molecule has 10 nitrogen and oxygen atoms in total. The third-order valence-electron chi connectivity index (χ3n) is 8.18. The number of carbonyl (C=O) groups excluding carboxylic acids is 4. The number of nitro benzene ring substituents is 1. The summed E-state index contributed by atoms with van der Waals surface area (Å²) in [6.07, 6.45) is 5.00. The number of carbonyl (C=O) groups is 4. The molecule has 2 heterocycles. The molecule has 44 heavy (non-hydrogen) atoms. The Balaban J connectivity index is 1.27. The van der Waals surface area contributed by atoms with Gasteiger partial charge in [-0.05, 0) is 57.0 Å². The highest BCUT2D eigenvalue weighted by atomic mass is 16.6. The van der Waals surface area contributed by atoms with Crippen LogP contribution in [0.25, 0.3) is 22.2 Å². The quantitative estimate of drug-likeness (QED) is 0.0647. The number of hydrogen-bond donors (Lipinski definition) is 0. The van der Waals surface area contributed by atoms with Crippen molar-refractivity contribution in [2.75, 3.05) is 11.5 Å². The number of hydrogen-bond acceptors (Lipinski definition) is 8. The topological polar surface area (TPSA) is 137 Å². The molecule has 1 aromatic heterocycles. The molecule has 2 amide bonds. The Morgan fingerprint density at radius 2 is 1.61 bits per heavy atom. The molecule has 0 bridgehead atoms. The van der Waals surface area contributed by atoms with E-state index < -0.39 is 23.3 Å². The van der Waals surface area contributed by atoms with Crippen LogP contribution >= 0.6 is 0 Å². The van der Waals surface area contributed by atoms with Crippen LogP contribution in [-0.2, 0) is 14.3 Å². The van der Waals surface area contributed by atoms with Gasteiger partial charge in [-0.15, -0.1) is 0 Å².